The van der Waals surface area contributed by atoms with Crippen LogP contribution in [0, 0.1) is 6.92 Å². The first-order valence-electron chi connectivity index (χ1n) is 11.5. The fraction of sp³-hybridized carbons (Fsp3) is 0.269. The lowest BCUT2D eigenvalue weighted by Gasteiger charge is -2.26. The van der Waals surface area contributed by atoms with Gasteiger partial charge in [0.2, 0.25) is 11.7 Å². The second-order valence-corrected chi connectivity index (χ2v) is 8.57. The van der Waals surface area contributed by atoms with Crippen LogP contribution in [0.3, 0.4) is 0 Å². The molecule has 1 saturated heterocycles. The Balaban J connectivity index is 1.33. The van der Waals surface area contributed by atoms with Gasteiger partial charge in [-0.2, -0.15) is 0 Å². The van der Waals surface area contributed by atoms with E-state index >= 15 is 0 Å². The number of Topliss-reactive ketones (excluding diaryl/α,β-unsaturated/α-hetero) is 1. The zero-order chi connectivity index (χ0) is 24.4. The Bertz CT molecular complexity index is 1350. The van der Waals surface area contributed by atoms with Crippen molar-refractivity contribution < 1.29 is 24.2 Å². The van der Waals surface area contributed by atoms with Gasteiger partial charge in [-0.15, -0.1) is 0 Å². The summed E-state index contributed by atoms with van der Waals surface area (Å²) in [5, 5.41) is 13.5. The molecule has 2 aliphatic heterocycles. The molecule has 4 heterocycles. The summed E-state index contributed by atoms with van der Waals surface area (Å²) in [6.45, 7) is 6.33. The van der Waals surface area contributed by atoms with Crippen LogP contribution in [-0.4, -0.2) is 64.6 Å². The number of ketones is 1. The molecule has 3 aromatic rings. The number of rotatable bonds is 7. The molecule has 0 radical (unpaired) electrons. The number of ether oxygens (including phenoxy) is 2. The molecule has 0 amide bonds. The molecule has 2 aromatic heterocycles. The lowest BCUT2D eigenvalue weighted by Crippen LogP contribution is -2.37. The molecule has 0 saturated carbocycles. The highest BCUT2D eigenvalue weighted by Gasteiger charge is 2.36. The van der Waals surface area contributed by atoms with Crippen molar-refractivity contribution in [2.75, 3.05) is 38.2 Å². The van der Waals surface area contributed by atoms with Crippen molar-refractivity contribution in [3.63, 3.8) is 0 Å². The normalized spacial score (nSPS) is 17.9. The minimum Gasteiger partial charge on any atom is -0.477 e. The number of fused-ring (bicyclic) bond motifs is 1. The van der Waals surface area contributed by atoms with Crippen molar-refractivity contribution in [3.8, 4) is 0 Å². The van der Waals surface area contributed by atoms with Gasteiger partial charge >= 0.3 is 5.97 Å². The molecule has 1 aromatic carbocycles. The van der Waals surface area contributed by atoms with E-state index in [4.69, 9.17) is 9.47 Å². The van der Waals surface area contributed by atoms with E-state index in [1.807, 2.05) is 25.1 Å². The van der Waals surface area contributed by atoms with Crippen molar-refractivity contribution in [1.82, 2.24) is 14.9 Å². The predicted molar refractivity (Wildman–Crippen MR) is 131 cm³/mol. The van der Waals surface area contributed by atoms with Crippen LogP contribution in [0.1, 0.15) is 16.7 Å². The second-order valence-electron chi connectivity index (χ2n) is 8.57. The first kappa shape index (κ1) is 22.8. The van der Waals surface area contributed by atoms with Crippen LogP contribution in [0.25, 0.3) is 17.1 Å². The number of carboxylic acid groups (broad SMARTS) is 1. The van der Waals surface area contributed by atoms with Crippen LogP contribution in [-0.2, 0) is 25.5 Å². The second kappa shape index (κ2) is 9.73. The minimum absolute atomic E-state index is 0.0607. The molecule has 0 unspecified atom stereocenters. The smallest absolute Gasteiger partial charge is 0.345 e. The molecule has 9 heteroatoms. The summed E-state index contributed by atoms with van der Waals surface area (Å²) in [6.07, 6.45) is 5.80. The Morgan fingerprint density at radius 1 is 1.29 bits per heavy atom. The Kier molecular flexibility index (Phi) is 6.35. The average molecular weight is 475 g/mol. The topological polar surface area (TPSA) is 117 Å². The molecule has 180 valence electrons. The summed E-state index contributed by atoms with van der Waals surface area (Å²) in [5.74, 6) is -2.18. The third kappa shape index (κ3) is 4.82. The van der Waals surface area contributed by atoms with Crippen molar-refractivity contribution in [1.29, 1.82) is 0 Å². The number of allylic oxidation sites excluding steroid dienone is 1. The molecule has 0 spiro atoms. The van der Waals surface area contributed by atoms with Crippen LogP contribution in [0.5, 0.6) is 0 Å². The third-order valence-corrected chi connectivity index (χ3v) is 6.23. The molecule has 0 atom stereocenters. The average Bonchev–Trinajstić information content (AvgIpc) is 3.40. The maximum Gasteiger partial charge on any atom is 0.345 e. The molecule has 5 rings (SSSR count). The fourth-order valence-corrected chi connectivity index (χ4v) is 4.30. The summed E-state index contributed by atoms with van der Waals surface area (Å²) in [7, 11) is 0. The molecule has 35 heavy (non-hydrogen) atoms. The third-order valence-electron chi connectivity index (χ3n) is 6.23. The van der Waals surface area contributed by atoms with Gasteiger partial charge in [0.25, 0.3) is 0 Å². The Morgan fingerprint density at radius 3 is 2.89 bits per heavy atom. The number of pyridine rings is 1. The van der Waals surface area contributed by atoms with E-state index in [0.717, 1.165) is 50.2 Å². The number of aromatic amines is 1. The molecule has 2 aliphatic rings. The summed E-state index contributed by atoms with van der Waals surface area (Å²) in [5.41, 5.74) is 3.72. The number of morpholine rings is 1. The molecule has 0 aliphatic carbocycles. The first-order chi connectivity index (χ1) is 17.0. The summed E-state index contributed by atoms with van der Waals surface area (Å²) in [6, 6.07) is 9.60. The monoisotopic (exact) mass is 474 g/mol. The zero-order valence-electron chi connectivity index (χ0n) is 19.3. The Morgan fingerprint density at radius 2 is 2.11 bits per heavy atom. The highest BCUT2D eigenvalue weighted by molar-refractivity contribution is 6.26. The number of aryl methyl sites for hydroxylation is 1. The van der Waals surface area contributed by atoms with Gasteiger partial charge in [0.1, 0.15) is 5.65 Å². The van der Waals surface area contributed by atoms with Crippen molar-refractivity contribution in [3.05, 3.63) is 76.6 Å². The minimum atomic E-state index is -1.35. The number of carboxylic acids is 1. The van der Waals surface area contributed by atoms with Gasteiger partial charge in [0, 0.05) is 48.7 Å². The summed E-state index contributed by atoms with van der Waals surface area (Å²) in [4.78, 5) is 34.4. The predicted octanol–water partition coefficient (Wildman–Crippen LogP) is 3.09. The summed E-state index contributed by atoms with van der Waals surface area (Å²) < 4.78 is 11.1. The highest BCUT2D eigenvalue weighted by Crippen LogP contribution is 2.30. The molecule has 3 N–H and O–H groups in total. The number of aliphatic carboxylic acids is 1. The van der Waals surface area contributed by atoms with Crippen molar-refractivity contribution in [2.24, 2.45) is 0 Å². The Hall–Kier alpha value is -3.95. The number of anilines is 1. The maximum atomic E-state index is 12.9. The lowest BCUT2D eigenvalue weighted by molar-refractivity contribution is -0.134. The largest absolute Gasteiger partial charge is 0.477 e. The van der Waals surface area contributed by atoms with Gasteiger partial charge in [-0.05, 0) is 48.7 Å². The SMILES string of the molecule is Cc1cc(CCN2CCOCC2)ccc1NC1=C(C(=O)O)C(=O)C(=Cc2c[nH]c3ncccc23)O1. The van der Waals surface area contributed by atoms with Gasteiger partial charge < -0.3 is 24.9 Å². The number of benzene rings is 1. The van der Waals surface area contributed by atoms with Crippen LogP contribution in [0.15, 0.2) is 59.9 Å². The number of hydrogen-bond donors (Lipinski definition) is 3. The number of carbonyl (C=O) groups excluding carboxylic acids is 1. The molecule has 9 nitrogen and oxygen atoms in total. The van der Waals surface area contributed by atoms with Crippen molar-refractivity contribution in [2.45, 2.75) is 13.3 Å². The number of nitrogens with zero attached hydrogens (tertiary/aromatic N) is 2. The lowest BCUT2D eigenvalue weighted by atomic mass is 10.1. The van der Waals surface area contributed by atoms with Crippen LogP contribution in [0.4, 0.5) is 5.69 Å². The van der Waals surface area contributed by atoms with Crippen LogP contribution < -0.4 is 5.32 Å². The van der Waals surface area contributed by atoms with E-state index in [1.54, 1.807) is 18.5 Å². The molecule has 0 bridgehead atoms. The maximum absolute atomic E-state index is 12.9. The van der Waals surface area contributed by atoms with Gasteiger partial charge in [-0.3, -0.25) is 9.69 Å². The van der Waals surface area contributed by atoms with Gasteiger partial charge in [0.15, 0.2) is 11.3 Å². The quantitative estimate of drug-likeness (QED) is 0.353. The highest BCUT2D eigenvalue weighted by atomic mass is 16.5. The standard InChI is InChI=1S/C26H26N4O5/c1-16-13-17(6-8-30-9-11-34-12-10-30)4-5-20(16)29-25-22(26(32)33)23(31)21(35-25)14-18-15-28-24-19(18)3-2-7-27-24/h2-5,7,13-15,29H,6,8-12H2,1H3,(H,27,28)(H,32,33). The molecular formula is C26H26N4O5. The summed E-state index contributed by atoms with van der Waals surface area (Å²) >= 11 is 0. The zero-order valence-corrected chi connectivity index (χ0v) is 19.3. The number of H-pyrrole nitrogens is 1. The Labute approximate surface area is 202 Å². The van der Waals surface area contributed by atoms with Crippen LogP contribution in [0.2, 0.25) is 0 Å². The fourth-order valence-electron chi connectivity index (χ4n) is 4.30. The number of carbonyl (C=O) groups is 2. The van der Waals surface area contributed by atoms with Gasteiger partial charge in [-0.25, -0.2) is 9.78 Å². The molecule has 1 fully saturated rings. The van der Waals surface area contributed by atoms with E-state index in [2.05, 4.69) is 26.3 Å². The van der Waals surface area contributed by atoms with E-state index in [1.165, 1.54) is 11.6 Å². The van der Waals surface area contributed by atoms with Gasteiger partial charge in [-0.1, -0.05) is 12.1 Å². The van der Waals surface area contributed by atoms with Crippen LogP contribution >= 0.6 is 0 Å². The number of nitrogens with one attached hydrogen (secondary N) is 2. The number of aromatic nitrogens is 2. The number of hydrogen-bond acceptors (Lipinski definition) is 7. The van der Waals surface area contributed by atoms with E-state index in [0.29, 0.717) is 16.9 Å². The van der Waals surface area contributed by atoms with E-state index in [-0.39, 0.29) is 11.6 Å². The van der Waals surface area contributed by atoms with E-state index < -0.39 is 17.3 Å². The molecular weight excluding hydrogens is 448 g/mol. The van der Waals surface area contributed by atoms with E-state index in [9.17, 15) is 14.7 Å². The van der Waals surface area contributed by atoms with Gasteiger partial charge in [0.05, 0.1) is 13.2 Å². The first-order valence-corrected chi connectivity index (χ1v) is 11.5. The van der Waals surface area contributed by atoms with Crippen molar-refractivity contribution >= 4 is 34.5 Å².